The number of nitrogens with two attached hydrogens (primary N) is 1. The van der Waals surface area contributed by atoms with Crippen LogP contribution in [0.5, 0.6) is 0 Å². The third-order valence-corrected chi connectivity index (χ3v) is 3.55. The lowest BCUT2D eigenvalue weighted by atomic mass is 9.93. The number of halogens is 1. The maximum absolute atomic E-state index is 5.79. The molecule has 0 amide bonds. The summed E-state index contributed by atoms with van der Waals surface area (Å²) < 4.78 is 0.509. The number of hydrogen-bond acceptors (Lipinski definition) is 5. The molecule has 98 valence electrons. The predicted molar refractivity (Wildman–Crippen MR) is 73.3 cm³/mol. The van der Waals surface area contributed by atoms with Gasteiger partial charge in [-0.2, -0.15) is 0 Å². The Bertz CT molecular complexity index is 340. The van der Waals surface area contributed by atoms with E-state index in [1.165, 1.54) is 11.3 Å². The SMILES string of the molecule is CCCN(Cc1nnc(Cl)s1)CC(C)(C)CN. The molecular weight excluding hydrogens is 256 g/mol. The van der Waals surface area contributed by atoms with Gasteiger partial charge in [0.05, 0.1) is 6.54 Å². The largest absolute Gasteiger partial charge is 0.330 e. The van der Waals surface area contributed by atoms with Crippen molar-refractivity contribution in [1.29, 1.82) is 0 Å². The first kappa shape index (κ1) is 14.8. The van der Waals surface area contributed by atoms with Crippen molar-refractivity contribution in [3.05, 3.63) is 9.47 Å². The van der Waals surface area contributed by atoms with Crippen molar-refractivity contribution in [2.45, 2.75) is 33.7 Å². The van der Waals surface area contributed by atoms with Crippen molar-refractivity contribution in [2.75, 3.05) is 19.6 Å². The van der Waals surface area contributed by atoms with Crippen LogP contribution >= 0.6 is 22.9 Å². The van der Waals surface area contributed by atoms with Gasteiger partial charge in [0.1, 0.15) is 5.01 Å². The number of hydrogen-bond donors (Lipinski definition) is 1. The van der Waals surface area contributed by atoms with E-state index >= 15 is 0 Å². The Labute approximate surface area is 112 Å². The monoisotopic (exact) mass is 276 g/mol. The molecule has 0 atom stereocenters. The van der Waals surface area contributed by atoms with Crippen LogP contribution in [0.1, 0.15) is 32.2 Å². The molecule has 0 aliphatic heterocycles. The Hall–Kier alpha value is -0.230. The summed E-state index contributed by atoms with van der Waals surface area (Å²) in [5.74, 6) is 0. The molecule has 0 aliphatic carbocycles. The molecule has 0 aliphatic rings. The van der Waals surface area contributed by atoms with Crippen LogP contribution in [0.3, 0.4) is 0 Å². The quantitative estimate of drug-likeness (QED) is 0.831. The summed E-state index contributed by atoms with van der Waals surface area (Å²) in [5, 5.41) is 8.86. The van der Waals surface area contributed by atoms with Gasteiger partial charge in [0, 0.05) is 6.54 Å². The average molecular weight is 277 g/mol. The van der Waals surface area contributed by atoms with Gasteiger partial charge in [-0.25, -0.2) is 0 Å². The van der Waals surface area contributed by atoms with E-state index in [1.807, 2.05) is 0 Å². The normalized spacial score (nSPS) is 12.4. The van der Waals surface area contributed by atoms with Gasteiger partial charge < -0.3 is 5.73 Å². The van der Waals surface area contributed by atoms with Crippen LogP contribution in [-0.4, -0.2) is 34.7 Å². The Balaban J connectivity index is 2.60. The van der Waals surface area contributed by atoms with Gasteiger partial charge in [-0.05, 0) is 36.5 Å². The molecule has 0 saturated heterocycles. The van der Waals surface area contributed by atoms with Gasteiger partial charge in [0.15, 0.2) is 0 Å². The molecule has 1 rings (SSSR count). The average Bonchev–Trinajstić information content (AvgIpc) is 2.64. The lowest BCUT2D eigenvalue weighted by Gasteiger charge is -2.30. The fourth-order valence-electron chi connectivity index (χ4n) is 1.69. The maximum atomic E-state index is 5.79. The van der Waals surface area contributed by atoms with E-state index in [4.69, 9.17) is 17.3 Å². The van der Waals surface area contributed by atoms with E-state index < -0.39 is 0 Å². The Morgan fingerprint density at radius 3 is 2.59 bits per heavy atom. The zero-order valence-corrected chi connectivity index (χ0v) is 12.3. The topological polar surface area (TPSA) is 55.0 Å². The van der Waals surface area contributed by atoms with Crippen LogP contribution in [0.25, 0.3) is 0 Å². The number of nitrogens with zero attached hydrogens (tertiary/aromatic N) is 3. The lowest BCUT2D eigenvalue weighted by molar-refractivity contribution is 0.175. The molecule has 0 unspecified atom stereocenters. The third-order valence-electron chi connectivity index (χ3n) is 2.55. The molecule has 17 heavy (non-hydrogen) atoms. The lowest BCUT2D eigenvalue weighted by Crippen LogP contribution is -2.38. The van der Waals surface area contributed by atoms with E-state index in [0.717, 1.165) is 31.1 Å². The predicted octanol–water partition coefficient (Wildman–Crippen LogP) is 2.39. The highest BCUT2D eigenvalue weighted by atomic mass is 35.5. The van der Waals surface area contributed by atoms with Crippen molar-refractivity contribution in [3.63, 3.8) is 0 Å². The second kappa shape index (κ2) is 6.64. The molecule has 0 aromatic carbocycles. The van der Waals surface area contributed by atoms with E-state index in [0.29, 0.717) is 11.0 Å². The third kappa shape index (κ3) is 5.29. The van der Waals surface area contributed by atoms with Crippen molar-refractivity contribution in [3.8, 4) is 0 Å². The second-order valence-corrected chi connectivity index (χ2v) is 6.67. The Morgan fingerprint density at radius 2 is 2.12 bits per heavy atom. The van der Waals surface area contributed by atoms with E-state index in [2.05, 4.69) is 35.9 Å². The molecule has 4 nitrogen and oxygen atoms in total. The summed E-state index contributed by atoms with van der Waals surface area (Å²) in [6.07, 6.45) is 1.12. The smallest absolute Gasteiger partial charge is 0.207 e. The van der Waals surface area contributed by atoms with Crippen LogP contribution in [-0.2, 0) is 6.54 Å². The first-order chi connectivity index (χ1) is 7.96. The maximum Gasteiger partial charge on any atom is 0.207 e. The second-order valence-electron chi connectivity index (χ2n) is 5.03. The van der Waals surface area contributed by atoms with Gasteiger partial charge in [-0.15, -0.1) is 10.2 Å². The molecule has 0 fully saturated rings. The zero-order chi connectivity index (χ0) is 12.9. The molecule has 2 N–H and O–H groups in total. The van der Waals surface area contributed by atoms with Crippen LogP contribution in [0.4, 0.5) is 0 Å². The number of aromatic nitrogens is 2. The molecule has 0 radical (unpaired) electrons. The highest BCUT2D eigenvalue weighted by Gasteiger charge is 2.20. The first-order valence-electron chi connectivity index (χ1n) is 5.87. The minimum Gasteiger partial charge on any atom is -0.330 e. The van der Waals surface area contributed by atoms with E-state index in [-0.39, 0.29) is 5.41 Å². The van der Waals surface area contributed by atoms with Crippen LogP contribution in [0, 0.1) is 5.41 Å². The number of rotatable bonds is 7. The van der Waals surface area contributed by atoms with E-state index in [1.54, 1.807) is 0 Å². The molecule has 0 spiro atoms. The molecule has 0 bridgehead atoms. The molecule has 6 heteroatoms. The van der Waals surface area contributed by atoms with E-state index in [9.17, 15) is 0 Å². The van der Waals surface area contributed by atoms with Crippen LogP contribution < -0.4 is 5.73 Å². The minimum atomic E-state index is 0.129. The van der Waals surface area contributed by atoms with Crippen molar-refractivity contribution >= 4 is 22.9 Å². The fraction of sp³-hybridized carbons (Fsp3) is 0.818. The summed E-state index contributed by atoms with van der Waals surface area (Å²) in [6, 6.07) is 0. The molecule has 1 heterocycles. The van der Waals surface area contributed by atoms with Crippen LogP contribution in [0.2, 0.25) is 4.47 Å². The summed E-state index contributed by atoms with van der Waals surface area (Å²) >= 11 is 7.23. The van der Waals surface area contributed by atoms with Gasteiger partial charge in [-0.1, -0.05) is 32.1 Å². The fourth-order valence-corrected chi connectivity index (χ4v) is 2.60. The molecule has 0 saturated carbocycles. The summed E-state index contributed by atoms with van der Waals surface area (Å²) in [4.78, 5) is 2.36. The highest BCUT2D eigenvalue weighted by molar-refractivity contribution is 7.15. The Morgan fingerprint density at radius 1 is 1.41 bits per heavy atom. The van der Waals surface area contributed by atoms with Gasteiger partial charge in [0.25, 0.3) is 0 Å². The summed E-state index contributed by atoms with van der Waals surface area (Å²) in [7, 11) is 0. The Kier molecular flexibility index (Phi) is 5.79. The highest BCUT2D eigenvalue weighted by Crippen LogP contribution is 2.20. The van der Waals surface area contributed by atoms with Crippen molar-refractivity contribution in [1.82, 2.24) is 15.1 Å². The molecular formula is C11H21ClN4S. The zero-order valence-electron chi connectivity index (χ0n) is 10.7. The summed E-state index contributed by atoms with van der Waals surface area (Å²) in [6.45, 7) is 10.0. The van der Waals surface area contributed by atoms with Crippen molar-refractivity contribution in [2.24, 2.45) is 11.1 Å². The van der Waals surface area contributed by atoms with Gasteiger partial charge in [0.2, 0.25) is 4.47 Å². The summed E-state index contributed by atoms with van der Waals surface area (Å²) in [5.41, 5.74) is 5.90. The first-order valence-corrected chi connectivity index (χ1v) is 7.06. The van der Waals surface area contributed by atoms with Gasteiger partial charge >= 0.3 is 0 Å². The molecule has 1 aromatic heterocycles. The van der Waals surface area contributed by atoms with Crippen LogP contribution in [0.15, 0.2) is 0 Å². The van der Waals surface area contributed by atoms with Crippen molar-refractivity contribution < 1.29 is 0 Å². The van der Waals surface area contributed by atoms with Gasteiger partial charge in [-0.3, -0.25) is 4.90 Å². The minimum absolute atomic E-state index is 0.129. The standard InChI is InChI=1S/C11H21ClN4S/c1-4-5-16(8-11(2,3)7-13)6-9-14-15-10(12)17-9/h4-8,13H2,1-3H3. The molecule has 1 aromatic rings.